The molecule has 4 heteroatoms. The van der Waals surface area contributed by atoms with E-state index < -0.39 is 0 Å². The molecule has 3 rings (SSSR count). The molecular formula is C16H14N2OS. The molecule has 2 aromatic heterocycles. The number of benzene rings is 1. The molecule has 2 heterocycles. The number of thiophene rings is 1. The average molecular weight is 282 g/mol. The zero-order valence-electron chi connectivity index (χ0n) is 11.3. The molecule has 0 saturated heterocycles. The van der Waals surface area contributed by atoms with Gasteiger partial charge in [-0.2, -0.15) is 5.10 Å². The van der Waals surface area contributed by atoms with Crippen molar-refractivity contribution < 1.29 is 4.79 Å². The Morgan fingerprint density at radius 1 is 1.25 bits per heavy atom. The summed E-state index contributed by atoms with van der Waals surface area (Å²) in [5, 5.41) is 6.57. The van der Waals surface area contributed by atoms with Crippen LogP contribution in [0.1, 0.15) is 21.5 Å². The van der Waals surface area contributed by atoms with Crippen molar-refractivity contribution in [3.8, 4) is 16.3 Å². The lowest BCUT2D eigenvalue weighted by molar-refractivity contribution is 0.112. The van der Waals surface area contributed by atoms with Gasteiger partial charge in [0.05, 0.1) is 16.1 Å². The van der Waals surface area contributed by atoms with E-state index >= 15 is 0 Å². The van der Waals surface area contributed by atoms with E-state index in [-0.39, 0.29) is 0 Å². The van der Waals surface area contributed by atoms with Gasteiger partial charge in [0.15, 0.2) is 6.29 Å². The Labute approximate surface area is 121 Å². The van der Waals surface area contributed by atoms with Crippen molar-refractivity contribution in [2.45, 2.75) is 13.8 Å². The normalized spacial score (nSPS) is 10.7. The first kappa shape index (κ1) is 12.8. The van der Waals surface area contributed by atoms with Crippen LogP contribution in [0.5, 0.6) is 0 Å². The van der Waals surface area contributed by atoms with Gasteiger partial charge in [-0.3, -0.25) is 4.79 Å². The van der Waals surface area contributed by atoms with E-state index in [1.807, 2.05) is 23.6 Å². The van der Waals surface area contributed by atoms with E-state index in [0.29, 0.717) is 5.56 Å². The van der Waals surface area contributed by atoms with Gasteiger partial charge in [-0.05, 0) is 36.9 Å². The first-order valence-corrected chi connectivity index (χ1v) is 7.23. The Balaban J connectivity index is 2.14. The summed E-state index contributed by atoms with van der Waals surface area (Å²) < 4.78 is 1.79. The molecule has 0 radical (unpaired) electrons. The Morgan fingerprint density at radius 3 is 2.75 bits per heavy atom. The molecule has 0 N–H and O–H groups in total. The average Bonchev–Trinajstić information content (AvgIpc) is 3.07. The van der Waals surface area contributed by atoms with Gasteiger partial charge in [0.1, 0.15) is 5.69 Å². The van der Waals surface area contributed by atoms with Gasteiger partial charge in [-0.1, -0.05) is 23.8 Å². The number of hydrogen-bond donors (Lipinski definition) is 0. The van der Waals surface area contributed by atoms with E-state index in [9.17, 15) is 4.79 Å². The number of aryl methyl sites for hydroxylation is 2. The number of carbonyl (C=O) groups is 1. The largest absolute Gasteiger partial charge is 0.298 e. The third-order valence-electron chi connectivity index (χ3n) is 3.22. The summed E-state index contributed by atoms with van der Waals surface area (Å²) in [7, 11) is 0. The van der Waals surface area contributed by atoms with Gasteiger partial charge in [0.2, 0.25) is 0 Å². The van der Waals surface area contributed by atoms with Gasteiger partial charge < -0.3 is 0 Å². The maximum atomic E-state index is 11.3. The zero-order valence-corrected chi connectivity index (χ0v) is 12.1. The Morgan fingerprint density at radius 2 is 2.10 bits per heavy atom. The number of aromatic nitrogens is 2. The van der Waals surface area contributed by atoms with Crippen LogP contribution in [0, 0.1) is 13.8 Å². The predicted molar refractivity (Wildman–Crippen MR) is 81.7 cm³/mol. The quantitative estimate of drug-likeness (QED) is 0.680. The highest BCUT2D eigenvalue weighted by Crippen LogP contribution is 2.27. The number of nitrogens with zero attached hydrogens (tertiary/aromatic N) is 2. The Kier molecular flexibility index (Phi) is 3.24. The number of hydrogen-bond acceptors (Lipinski definition) is 3. The van der Waals surface area contributed by atoms with Crippen molar-refractivity contribution in [3.63, 3.8) is 0 Å². The fourth-order valence-corrected chi connectivity index (χ4v) is 3.00. The summed E-state index contributed by atoms with van der Waals surface area (Å²) >= 11 is 1.59. The molecular weight excluding hydrogens is 268 g/mol. The fourth-order valence-electron chi connectivity index (χ4n) is 2.26. The zero-order chi connectivity index (χ0) is 14.1. The van der Waals surface area contributed by atoms with Gasteiger partial charge in [0.25, 0.3) is 0 Å². The van der Waals surface area contributed by atoms with Crippen LogP contribution in [0.25, 0.3) is 16.3 Å². The van der Waals surface area contributed by atoms with Crippen LogP contribution in [0.3, 0.4) is 0 Å². The second-order valence-electron chi connectivity index (χ2n) is 4.76. The van der Waals surface area contributed by atoms with Crippen LogP contribution in [0.2, 0.25) is 0 Å². The molecule has 0 amide bonds. The highest BCUT2D eigenvalue weighted by atomic mass is 32.1. The number of aldehydes is 1. The summed E-state index contributed by atoms with van der Waals surface area (Å²) in [5.74, 6) is 0. The van der Waals surface area contributed by atoms with Crippen LogP contribution >= 0.6 is 11.3 Å². The predicted octanol–water partition coefficient (Wildman–Crippen LogP) is 4.03. The van der Waals surface area contributed by atoms with E-state index in [1.165, 1.54) is 5.56 Å². The Bertz CT molecular complexity index is 757. The van der Waals surface area contributed by atoms with Crippen LogP contribution in [-0.4, -0.2) is 16.1 Å². The molecule has 0 bridgehead atoms. The molecule has 0 unspecified atom stereocenters. The van der Waals surface area contributed by atoms with Crippen LogP contribution in [0.4, 0.5) is 0 Å². The van der Waals surface area contributed by atoms with Crippen LogP contribution in [-0.2, 0) is 0 Å². The minimum Gasteiger partial charge on any atom is -0.298 e. The van der Waals surface area contributed by atoms with Crippen molar-refractivity contribution in [2.24, 2.45) is 0 Å². The summed E-state index contributed by atoms with van der Waals surface area (Å²) in [4.78, 5) is 12.3. The number of rotatable bonds is 3. The molecule has 0 fully saturated rings. The van der Waals surface area contributed by atoms with Crippen molar-refractivity contribution in [3.05, 3.63) is 58.6 Å². The smallest absolute Gasteiger partial charge is 0.153 e. The topological polar surface area (TPSA) is 34.9 Å². The lowest BCUT2D eigenvalue weighted by Gasteiger charge is -2.06. The summed E-state index contributed by atoms with van der Waals surface area (Å²) in [5.41, 5.74) is 4.72. The first-order valence-electron chi connectivity index (χ1n) is 6.35. The molecule has 3 aromatic rings. The van der Waals surface area contributed by atoms with Crippen molar-refractivity contribution in [1.29, 1.82) is 0 Å². The second kappa shape index (κ2) is 5.06. The van der Waals surface area contributed by atoms with E-state index in [2.05, 4.69) is 31.1 Å². The van der Waals surface area contributed by atoms with E-state index in [0.717, 1.165) is 28.1 Å². The highest BCUT2D eigenvalue weighted by Gasteiger charge is 2.13. The molecule has 20 heavy (non-hydrogen) atoms. The van der Waals surface area contributed by atoms with Crippen LogP contribution < -0.4 is 0 Å². The summed E-state index contributed by atoms with van der Waals surface area (Å²) in [6.45, 7) is 4.11. The molecule has 0 saturated carbocycles. The maximum absolute atomic E-state index is 11.3. The molecule has 0 aliphatic carbocycles. The molecule has 100 valence electrons. The van der Waals surface area contributed by atoms with Gasteiger partial charge >= 0.3 is 0 Å². The minimum absolute atomic E-state index is 0.618. The molecule has 0 atom stereocenters. The number of carbonyl (C=O) groups excluding carboxylic acids is 1. The summed E-state index contributed by atoms with van der Waals surface area (Å²) in [6, 6.07) is 10.1. The van der Waals surface area contributed by atoms with Crippen molar-refractivity contribution >= 4 is 17.6 Å². The highest BCUT2D eigenvalue weighted by molar-refractivity contribution is 7.13. The third kappa shape index (κ3) is 2.18. The fraction of sp³-hybridized carbons (Fsp3) is 0.125. The monoisotopic (exact) mass is 282 g/mol. The SMILES string of the molecule is Cc1ccc(-n2cc(C=O)c(-c3cccs3)n2)c(C)c1. The van der Waals surface area contributed by atoms with Gasteiger partial charge in [-0.15, -0.1) is 11.3 Å². The molecule has 0 aliphatic rings. The standard InChI is InChI=1S/C16H14N2OS/c1-11-5-6-14(12(2)8-11)18-9-13(10-19)16(17-18)15-4-3-7-20-15/h3-10H,1-2H3. The maximum Gasteiger partial charge on any atom is 0.153 e. The first-order chi connectivity index (χ1) is 9.69. The van der Waals surface area contributed by atoms with Gasteiger partial charge in [-0.25, -0.2) is 4.68 Å². The second-order valence-corrected chi connectivity index (χ2v) is 5.71. The summed E-state index contributed by atoms with van der Waals surface area (Å²) in [6.07, 6.45) is 2.65. The molecule has 0 spiro atoms. The van der Waals surface area contributed by atoms with Gasteiger partial charge in [0, 0.05) is 6.20 Å². The molecule has 1 aromatic carbocycles. The Hall–Kier alpha value is -2.20. The lowest BCUT2D eigenvalue weighted by atomic mass is 10.1. The van der Waals surface area contributed by atoms with Crippen LogP contribution in [0.15, 0.2) is 41.9 Å². The molecule has 3 nitrogen and oxygen atoms in total. The van der Waals surface area contributed by atoms with E-state index in [4.69, 9.17) is 0 Å². The van der Waals surface area contributed by atoms with E-state index in [1.54, 1.807) is 22.2 Å². The molecule has 0 aliphatic heterocycles. The lowest BCUT2D eigenvalue weighted by Crippen LogP contribution is -1.98. The van der Waals surface area contributed by atoms with Crippen molar-refractivity contribution in [2.75, 3.05) is 0 Å². The minimum atomic E-state index is 0.618. The third-order valence-corrected chi connectivity index (χ3v) is 4.10. The van der Waals surface area contributed by atoms with Crippen molar-refractivity contribution in [1.82, 2.24) is 9.78 Å².